The number of aliphatic carboxylic acids is 1. The Labute approximate surface area is 226 Å². The standard InChI is InChI=1S/C21H19FN8O5S3/c1-10-6-36-12-5-28(9-29(10)12)4-2-3-11-7-37-19-14(18(32)30(19)15(11)20(33)34)24-17(31)13(26-35-8-22)16-25-21(23)38-27-16/h2-3,5-6,9,14,19H,4,7-8H2,1H3,(H3-,23,24,25,27,31,33,34)/b3-2+,26-13-/t14-,19-/m1/s1. The van der Waals surface area contributed by atoms with Crippen molar-refractivity contribution in [2.75, 3.05) is 18.3 Å². The molecule has 17 heteroatoms. The number of nitrogen functional groups attached to an aromatic ring is 1. The van der Waals surface area contributed by atoms with Crippen LogP contribution in [0.2, 0.25) is 0 Å². The Morgan fingerprint density at radius 3 is 2.97 bits per heavy atom. The highest BCUT2D eigenvalue weighted by molar-refractivity contribution is 8.00. The number of nitrogens with two attached hydrogens (primary N) is 1. The van der Waals surface area contributed by atoms with Crippen LogP contribution in [-0.4, -0.2) is 66.2 Å². The van der Waals surface area contributed by atoms with E-state index in [4.69, 9.17) is 5.73 Å². The quantitative estimate of drug-likeness (QED) is 0.145. The van der Waals surface area contributed by atoms with Gasteiger partial charge in [-0.2, -0.15) is 13.8 Å². The summed E-state index contributed by atoms with van der Waals surface area (Å²) in [6, 6.07) is -1.06. The number of thioether (sulfide) groups is 1. The van der Waals surface area contributed by atoms with Crippen molar-refractivity contribution in [3.05, 3.63) is 52.8 Å². The molecular weight excluding hydrogens is 559 g/mol. The van der Waals surface area contributed by atoms with Crippen LogP contribution in [0.15, 0.2) is 46.5 Å². The van der Waals surface area contributed by atoms with Crippen LogP contribution in [0, 0.1) is 6.92 Å². The second kappa shape index (κ2) is 10.5. The van der Waals surface area contributed by atoms with Gasteiger partial charge in [0.1, 0.15) is 29.9 Å². The van der Waals surface area contributed by atoms with Gasteiger partial charge in [-0.1, -0.05) is 22.6 Å². The Morgan fingerprint density at radius 2 is 2.29 bits per heavy atom. The number of rotatable bonds is 9. The topological polar surface area (TPSA) is 171 Å². The molecule has 0 aromatic carbocycles. The predicted octanol–water partition coefficient (Wildman–Crippen LogP) is -0.662. The van der Waals surface area contributed by atoms with Crippen molar-refractivity contribution in [3.8, 4) is 0 Å². The van der Waals surface area contributed by atoms with Crippen LogP contribution in [0.1, 0.15) is 11.5 Å². The third-order valence-electron chi connectivity index (χ3n) is 5.69. The molecular formula is C21H19FN8O5S3. The Kier molecular flexibility index (Phi) is 7.13. The first-order chi connectivity index (χ1) is 18.3. The number of carbonyl (C=O) groups excluding carboxylic acids is 3. The van der Waals surface area contributed by atoms with Crippen LogP contribution in [0.4, 0.5) is 9.52 Å². The summed E-state index contributed by atoms with van der Waals surface area (Å²) in [5.74, 6) is -2.97. The maximum atomic E-state index is 12.9. The number of thiazole rings is 1. The Bertz CT molecular complexity index is 1530. The monoisotopic (exact) mass is 578 g/mol. The Balaban J connectivity index is 1.30. The minimum absolute atomic E-state index is 0.0456. The lowest BCUT2D eigenvalue weighted by Gasteiger charge is -2.50. The molecule has 1 saturated heterocycles. The zero-order valence-corrected chi connectivity index (χ0v) is 22.0. The number of alkyl halides is 1. The van der Waals surface area contributed by atoms with Crippen molar-refractivity contribution in [2.45, 2.75) is 24.9 Å². The number of nitrogens with one attached hydrogen (secondary N) is 1. The number of aromatic nitrogens is 4. The number of amides is 2. The number of halogens is 1. The summed E-state index contributed by atoms with van der Waals surface area (Å²) in [6.07, 6.45) is 7.40. The SMILES string of the molecule is Cc1csc2c[n+](C/C=C/C3=C(C(=O)[O-])N4C(=O)[C@@H](NC(=O)/C(=N\OCF)c5nsc(N)n5)[C@H]4SC3)cn12. The molecule has 3 aromatic rings. The van der Waals surface area contributed by atoms with Crippen LogP contribution in [-0.2, 0) is 25.8 Å². The molecule has 2 aliphatic heterocycles. The second-order valence-electron chi connectivity index (χ2n) is 8.09. The van der Waals surface area contributed by atoms with E-state index in [1.54, 1.807) is 17.4 Å². The first-order valence-corrected chi connectivity index (χ1v) is 13.7. The summed E-state index contributed by atoms with van der Waals surface area (Å²) in [6.45, 7) is 1.20. The number of oxime groups is 1. The normalized spacial score (nSPS) is 19.7. The maximum Gasteiger partial charge on any atom is 0.278 e. The molecule has 0 bridgehead atoms. The van der Waals surface area contributed by atoms with E-state index in [1.807, 2.05) is 30.1 Å². The van der Waals surface area contributed by atoms with Crippen molar-refractivity contribution in [1.82, 2.24) is 24.0 Å². The molecule has 0 unspecified atom stereocenters. The lowest BCUT2D eigenvalue weighted by molar-refractivity contribution is -0.685. The average Bonchev–Trinajstić information content (AvgIpc) is 3.59. The number of β-lactam (4-membered cyclic amide) rings is 1. The van der Waals surface area contributed by atoms with Gasteiger partial charge in [-0.05, 0) is 18.6 Å². The predicted molar refractivity (Wildman–Crippen MR) is 134 cm³/mol. The fraction of sp³-hybridized carbons (Fsp3) is 0.286. The molecule has 0 radical (unpaired) electrons. The molecule has 2 amide bonds. The van der Waals surface area contributed by atoms with Crippen molar-refractivity contribution in [3.63, 3.8) is 0 Å². The number of fused-ring (bicyclic) bond motifs is 2. The summed E-state index contributed by atoms with van der Waals surface area (Å²) >= 11 is 3.69. The summed E-state index contributed by atoms with van der Waals surface area (Å²) in [5.41, 5.74) is 6.35. The van der Waals surface area contributed by atoms with E-state index in [-0.39, 0.29) is 22.4 Å². The zero-order valence-electron chi connectivity index (χ0n) is 19.6. The van der Waals surface area contributed by atoms with Gasteiger partial charge < -0.3 is 25.8 Å². The van der Waals surface area contributed by atoms with E-state index < -0.39 is 41.8 Å². The number of nitrogens with zero attached hydrogens (tertiary/aromatic N) is 6. The van der Waals surface area contributed by atoms with E-state index >= 15 is 0 Å². The minimum Gasteiger partial charge on any atom is -0.543 e. The summed E-state index contributed by atoms with van der Waals surface area (Å²) in [7, 11) is 0. The van der Waals surface area contributed by atoms with Crippen molar-refractivity contribution in [1.29, 1.82) is 0 Å². The fourth-order valence-corrected chi connectivity index (χ4v) is 6.65. The number of hydrogen-bond donors (Lipinski definition) is 2. The van der Waals surface area contributed by atoms with E-state index in [0.29, 0.717) is 12.1 Å². The number of carboxylic acids is 1. The smallest absolute Gasteiger partial charge is 0.278 e. The Morgan fingerprint density at radius 1 is 1.47 bits per heavy atom. The lowest BCUT2D eigenvalue weighted by Crippen LogP contribution is -2.71. The third-order valence-corrected chi connectivity index (χ3v) is 8.54. The largest absolute Gasteiger partial charge is 0.543 e. The van der Waals surface area contributed by atoms with Crippen LogP contribution in [0.3, 0.4) is 0 Å². The molecule has 0 spiro atoms. The van der Waals surface area contributed by atoms with Gasteiger partial charge in [-0.25, -0.2) is 8.96 Å². The molecule has 198 valence electrons. The molecule has 0 aliphatic carbocycles. The van der Waals surface area contributed by atoms with Gasteiger partial charge >= 0.3 is 0 Å². The number of carbonyl (C=O) groups is 3. The molecule has 2 aliphatic rings. The van der Waals surface area contributed by atoms with Gasteiger partial charge in [0.25, 0.3) is 18.7 Å². The van der Waals surface area contributed by atoms with Gasteiger partial charge in [0.05, 0.1) is 11.7 Å². The number of hydrogen-bond acceptors (Lipinski definition) is 12. The fourth-order valence-electron chi connectivity index (χ4n) is 3.99. The number of imidazole rings is 1. The van der Waals surface area contributed by atoms with Gasteiger partial charge in [0.2, 0.25) is 22.7 Å². The highest BCUT2D eigenvalue weighted by Gasteiger charge is 2.53. The first kappa shape index (κ1) is 25.8. The molecule has 3 aromatic heterocycles. The van der Waals surface area contributed by atoms with Crippen molar-refractivity contribution >= 4 is 68.1 Å². The molecule has 0 saturated carbocycles. The van der Waals surface area contributed by atoms with Crippen LogP contribution >= 0.6 is 34.6 Å². The molecule has 13 nitrogen and oxygen atoms in total. The molecule has 3 N–H and O–H groups in total. The molecule has 1 fully saturated rings. The summed E-state index contributed by atoms with van der Waals surface area (Å²) < 4.78 is 20.4. The first-order valence-electron chi connectivity index (χ1n) is 11.0. The van der Waals surface area contributed by atoms with E-state index in [2.05, 4.69) is 34.4 Å². The van der Waals surface area contributed by atoms with Crippen LogP contribution in [0.5, 0.6) is 0 Å². The molecule has 38 heavy (non-hydrogen) atoms. The summed E-state index contributed by atoms with van der Waals surface area (Å²) in [5, 5.41) is 19.3. The van der Waals surface area contributed by atoms with Gasteiger partial charge in [-0.3, -0.25) is 14.5 Å². The van der Waals surface area contributed by atoms with Crippen molar-refractivity contribution in [2.24, 2.45) is 5.16 Å². The number of aryl methyl sites for hydroxylation is 1. The molecule has 2 atom stereocenters. The minimum atomic E-state index is -1.50. The average molecular weight is 579 g/mol. The highest BCUT2D eigenvalue weighted by atomic mass is 32.2. The van der Waals surface area contributed by atoms with Crippen molar-refractivity contribution < 1.29 is 33.3 Å². The molecule has 5 heterocycles. The maximum absolute atomic E-state index is 12.9. The zero-order chi connectivity index (χ0) is 27.0. The molecule has 5 rings (SSSR count). The van der Waals surface area contributed by atoms with Gasteiger partial charge in [-0.15, -0.1) is 11.8 Å². The van der Waals surface area contributed by atoms with Gasteiger partial charge in [0.15, 0.2) is 5.13 Å². The number of carboxylic acid groups (broad SMARTS) is 1. The van der Waals surface area contributed by atoms with E-state index in [9.17, 15) is 23.9 Å². The number of allylic oxidation sites excluding steroid dienone is 2. The van der Waals surface area contributed by atoms with Crippen LogP contribution in [0.25, 0.3) is 4.83 Å². The van der Waals surface area contributed by atoms with E-state index in [1.165, 1.54) is 11.8 Å². The Hall–Kier alpha value is -3.83. The third kappa shape index (κ3) is 4.74. The van der Waals surface area contributed by atoms with E-state index in [0.717, 1.165) is 27.0 Å². The lowest BCUT2D eigenvalue weighted by atomic mass is 10.0. The highest BCUT2D eigenvalue weighted by Crippen LogP contribution is 2.40. The van der Waals surface area contributed by atoms with Crippen LogP contribution < -0.4 is 20.7 Å². The summed E-state index contributed by atoms with van der Waals surface area (Å²) in [4.78, 5) is 48.1. The number of anilines is 1. The second-order valence-corrected chi connectivity index (χ2v) is 10.9. The van der Waals surface area contributed by atoms with Gasteiger partial charge in [0, 0.05) is 22.7 Å².